The van der Waals surface area contributed by atoms with Crippen LogP contribution in [-0.4, -0.2) is 12.6 Å². The van der Waals surface area contributed by atoms with Gasteiger partial charge in [0.1, 0.15) is 0 Å². The summed E-state index contributed by atoms with van der Waals surface area (Å²) in [5, 5.41) is 0. The fourth-order valence-electron chi connectivity index (χ4n) is 1.26. The van der Waals surface area contributed by atoms with Crippen LogP contribution in [0.5, 0.6) is 0 Å². The molecule has 0 radical (unpaired) electrons. The van der Waals surface area contributed by atoms with E-state index in [1.807, 2.05) is 19.9 Å². The maximum absolute atomic E-state index is 11.1. The molecule has 0 unspecified atom stereocenters. The largest absolute Gasteiger partial charge is 0.456 e. The van der Waals surface area contributed by atoms with Crippen molar-refractivity contribution >= 4 is 11.7 Å². The van der Waals surface area contributed by atoms with Gasteiger partial charge in [0.25, 0.3) is 0 Å². The molecule has 1 rings (SSSR count). The van der Waals surface area contributed by atoms with Gasteiger partial charge in [0.15, 0.2) is 0 Å². The van der Waals surface area contributed by atoms with E-state index in [2.05, 4.69) is 11.8 Å². The summed E-state index contributed by atoms with van der Waals surface area (Å²) in [7, 11) is 0. The monoisotopic (exact) mass is 217 g/mol. The van der Waals surface area contributed by atoms with Gasteiger partial charge in [-0.25, -0.2) is 4.79 Å². The lowest BCUT2D eigenvalue weighted by Crippen LogP contribution is -2.00. The van der Waals surface area contributed by atoms with Crippen molar-refractivity contribution in [1.82, 2.24) is 0 Å². The van der Waals surface area contributed by atoms with Gasteiger partial charge in [0.05, 0.1) is 6.61 Å². The number of benzene rings is 1. The first-order valence-electron chi connectivity index (χ1n) is 5.10. The van der Waals surface area contributed by atoms with Gasteiger partial charge in [0.2, 0.25) is 0 Å². The van der Waals surface area contributed by atoms with E-state index in [1.54, 1.807) is 13.0 Å². The number of nitrogen functional groups attached to an aromatic ring is 1. The van der Waals surface area contributed by atoms with Crippen LogP contribution in [-0.2, 0) is 9.53 Å². The summed E-state index contributed by atoms with van der Waals surface area (Å²) in [6, 6.07) is 3.60. The first kappa shape index (κ1) is 12.1. The zero-order valence-corrected chi connectivity index (χ0v) is 9.76. The summed E-state index contributed by atoms with van der Waals surface area (Å²) in [6.07, 6.45) is 0. The van der Waals surface area contributed by atoms with E-state index in [1.165, 1.54) is 0 Å². The van der Waals surface area contributed by atoms with Crippen molar-refractivity contribution in [2.24, 2.45) is 0 Å². The van der Waals surface area contributed by atoms with Gasteiger partial charge in [-0.3, -0.25) is 0 Å². The third-order valence-electron chi connectivity index (χ3n) is 2.40. The quantitative estimate of drug-likeness (QED) is 0.443. The number of carbonyl (C=O) groups is 1. The van der Waals surface area contributed by atoms with E-state index >= 15 is 0 Å². The minimum Gasteiger partial charge on any atom is -0.456 e. The lowest BCUT2D eigenvalue weighted by Gasteiger charge is -2.05. The Morgan fingerprint density at radius 3 is 2.69 bits per heavy atom. The lowest BCUT2D eigenvalue weighted by molar-refractivity contribution is -0.136. The first-order chi connectivity index (χ1) is 7.56. The molecule has 0 fully saturated rings. The van der Waals surface area contributed by atoms with Gasteiger partial charge in [-0.15, -0.1) is 0 Å². The van der Waals surface area contributed by atoms with Gasteiger partial charge < -0.3 is 10.5 Å². The van der Waals surface area contributed by atoms with E-state index < -0.39 is 5.97 Å². The molecule has 0 spiro atoms. The Hall–Kier alpha value is -1.95. The molecule has 2 N–H and O–H groups in total. The molecule has 0 amide bonds. The van der Waals surface area contributed by atoms with Crippen molar-refractivity contribution in [1.29, 1.82) is 0 Å². The molecule has 0 atom stereocenters. The maximum Gasteiger partial charge on any atom is 0.384 e. The Bertz CT molecular complexity index is 467. The van der Waals surface area contributed by atoms with Crippen LogP contribution >= 0.6 is 0 Å². The van der Waals surface area contributed by atoms with Crippen LogP contribution in [0.3, 0.4) is 0 Å². The van der Waals surface area contributed by atoms with Crippen LogP contribution in [0.4, 0.5) is 5.69 Å². The van der Waals surface area contributed by atoms with Crippen LogP contribution in [0.2, 0.25) is 0 Å². The molecule has 0 bridgehead atoms. The Labute approximate surface area is 95.6 Å². The number of hydrogen-bond donors (Lipinski definition) is 1. The number of ether oxygens (including phenoxy) is 1. The number of carbonyl (C=O) groups excluding carboxylic acids is 1. The van der Waals surface area contributed by atoms with Crippen molar-refractivity contribution in [2.75, 3.05) is 12.3 Å². The van der Waals surface area contributed by atoms with E-state index in [0.717, 1.165) is 22.4 Å². The summed E-state index contributed by atoms with van der Waals surface area (Å²) in [4.78, 5) is 11.1. The molecule has 0 aliphatic rings. The highest BCUT2D eigenvalue weighted by Gasteiger charge is 2.02. The molecule has 0 aliphatic heterocycles. The summed E-state index contributed by atoms with van der Waals surface area (Å²) >= 11 is 0. The van der Waals surface area contributed by atoms with Crippen LogP contribution < -0.4 is 5.73 Å². The number of anilines is 1. The second-order valence-electron chi connectivity index (χ2n) is 3.42. The summed E-state index contributed by atoms with van der Waals surface area (Å²) in [6.45, 7) is 5.95. The van der Waals surface area contributed by atoms with E-state index in [0.29, 0.717) is 6.61 Å². The number of rotatable bonds is 1. The predicted octanol–water partition coefficient (Wildman–Crippen LogP) is 1.80. The lowest BCUT2D eigenvalue weighted by atomic mass is 10.0. The van der Waals surface area contributed by atoms with Gasteiger partial charge in [-0.2, -0.15) is 0 Å². The highest BCUT2D eigenvalue weighted by atomic mass is 16.5. The molecule has 0 saturated carbocycles. The normalized spacial score (nSPS) is 9.19. The molecule has 0 aromatic heterocycles. The molecule has 84 valence electrons. The number of esters is 1. The zero-order valence-electron chi connectivity index (χ0n) is 9.76. The second kappa shape index (κ2) is 5.22. The number of hydrogen-bond acceptors (Lipinski definition) is 3. The SMILES string of the molecule is CCOC(=O)C#Cc1ccc(N)c(C)c1C. The Kier molecular flexibility index (Phi) is 3.96. The van der Waals surface area contributed by atoms with E-state index in [4.69, 9.17) is 10.5 Å². The van der Waals surface area contributed by atoms with Crippen molar-refractivity contribution in [3.8, 4) is 11.8 Å². The smallest absolute Gasteiger partial charge is 0.384 e. The Morgan fingerprint density at radius 2 is 2.06 bits per heavy atom. The zero-order chi connectivity index (χ0) is 12.1. The minimum atomic E-state index is -0.503. The molecule has 1 aromatic carbocycles. The fourth-order valence-corrected chi connectivity index (χ4v) is 1.26. The van der Waals surface area contributed by atoms with E-state index in [-0.39, 0.29) is 0 Å². The van der Waals surface area contributed by atoms with Crippen LogP contribution in [0.15, 0.2) is 12.1 Å². The van der Waals surface area contributed by atoms with Crippen molar-refractivity contribution < 1.29 is 9.53 Å². The summed E-state index contributed by atoms with van der Waals surface area (Å²) < 4.78 is 4.72. The first-order valence-corrected chi connectivity index (χ1v) is 5.10. The predicted molar refractivity (Wildman–Crippen MR) is 63.8 cm³/mol. The molecule has 0 saturated heterocycles. The topological polar surface area (TPSA) is 52.3 Å². The van der Waals surface area contributed by atoms with Crippen molar-refractivity contribution in [3.63, 3.8) is 0 Å². The Morgan fingerprint density at radius 1 is 1.38 bits per heavy atom. The van der Waals surface area contributed by atoms with Gasteiger partial charge in [0, 0.05) is 17.2 Å². The molecule has 16 heavy (non-hydrogen) atoms. The molecule has 1 aromatic rings. The van der Waals surface area contributed by atoms with Gasteiger partial charge in [-0.1, -0.05) is 5.92 Å². The molecule has 3 nitrogen and oxygen atoms in total. The third-order valence-corrected chi connectivity index (χ3v) is 2.40. The van der Waals surface area contributed by atoms with Crippen molar-refractivity contribution in [2.45, 2.75) is 20.8 Å². The molecule has 3 heteroatoms. The third kappa shape index (κ3) is 2.77. The van der Waals surface area contributed by atoms with Gasteiger partial charge in [-0.05, 0) is 44.0 Å². The minimum absolute atomic E-state index is 0.341. The fraction of sp³-hybridized carbons (Fsp3) is 0.308. The van der Waals surface area contributed by atoms with Crippen LogP contribution in [0.25, 0.3) is 0 Å². The second-order valence-corrected chi connectivity index (χ2v) is 3.42. The molecule has 0 aliphatic carbocycles. The summed E-state index contributed by atoms with van der Waals surface area (Å²) in [5.41, 5.74) is 9.29. The number of nitrogens with two attached hydrogens (primary N) is 1. The summed E-state index contributed by atoms with van der Waals surface area (Å²) in [5.74, 6) is 4.72. The standard InChI is InChI=1S/C13H15NO2/c1-4-16-13(15)8-6-11-5-7-12(14)10(3)9(11)2/h5,7H,4,14H2,1-3H3. The Balaban J connectivity index is 2.98. The molecular weight excluding hydrogens is 202 g/mol. The average molecular weight is 217 g/mol. The van der Waals surface area contributed by atoms with E-state index in [9.17, 15) is 4.79 Å². The highest BCUT2D eigenvalue weighted by molar-refractivity contribution is 5.89. The van der Waals surface area contributed by atoms with Crippen molar-refractivity contribution in [3.05, 3.63) is 28.8 Å². The van der Waals surface area contributed by atoms with Crippen LogP contribution in [0, 0.1) is 25.7 Å². The van der Waals surface area contributed by atoms with Crippen LogP contribution in [0.1, 0.15) is 23.6 Å². The molecular formula is C13H15NO2. The molecule has 0 heterocycles. The maximum atomic E-state index is 11.1. The highest BCUT2D eigenvalue weighted by Crippen LogP contribution is 2.18. The van der Waals surface area contributed by atoms with Gasteiger partial charge >= 0.3 is 5.97 Å². The average Bonchev–Trinajstić information content (AvgIpc) is 2.25.